The number of carbonyl (C=O) groups is 1. The Bertz CT molecular complexity index is 525. The maximum Gasteiger partial charge on any atom is 0.239 e. The molecule has 0 bridgehead atoms. The summed E-state index contributed by atoms with van der Waals surface area (Å²) < 4.78 is 23.5. The highest BCUT2D eigenvalue weighted by Crippen LogP contribution is 2.15. The van der Waals surface area contributed by atoms with Crippen LogP contribution in [0.1, 0.15) is 0 Å². The molecule has 0 saturated heterocycles. The van der Waals surface area contributed by atoms with Gasteiger partial charge in [0.05, 0.1) is 5.75 Å². The molecule has 4 nitrogen and oxygen atoms in total. The second-order valence-electron chi connectivity index (χ2n) is 3.40. The first-order valence-electron chi connectivity index (χ1n) is 4.80. The summed E-state index contributed by atoms with van der Waals surface area (Å²) in [4.78, 5) is 11.5. The van der Waals surface area contributed by atoms with Gasteiger partial charge in [-0.05, 0) is 18.2 Å². The lowest BCUT2D eigenvalue weighted by Gasteiger charge is -2.05. The topological polar surface area (TPSA) is 63.2 Å². The number of halogens is 1. The maximum atomic E-state index is 11.5. The van der Waals surface area contributed by atoms with Crippen molar-refractivity contribution in [1.29, 1.82) is 0 Å². The standard InChI is InChI=1S/C11H12BrNO3S/c1-2-6-17(15,16)8-11(14)13-10-5-3-4-9(12)7-10/h2-5,7H,1,6,8H2,(H,13,14). The number of sulfone groups is 1. The number of carbonyl (C=O) groups excluding carboxylic acids is 1. The highest BCUT2D eigenvalue weighted by molar-refractivity contribution is 9.10. The summed E-state index contributed by atoms with van der Waals surface area (Å²) in [6, 6.07) is 6.93. The van der Waals surface area contributed by atoms with Gasteiger partial charge in [-0.25, -0.2) is 8.42 Å². The van der Waals surface area contributed by atoms with Gasteiger partial charge < -0.3 is 5.32 Å². The van der Waals surface area contributed by atoms with Crippen LogP contribution in [0.3, 0.4) is 0 Å². The monoisotopic (exact) mass is 317 g/mol. The molecular weight excluding hydrogens is 306 g/mol. The molecule has 1 amide bonds. The lowest BCUT2D eigenvalue weighted by molar-refractivity contribution is -0.113. The van der Waals surface area contributed by atoms with Crippen molar-refractivity contribution in [3.05, 3.63) is 41.4 Å². The average molecular weight is 318 g/mol. The highest BCUT2D eigenvalue weighted by Gasteiger charge is 2.14. The van der Waals surface area contributed by atoms with E-state index in [1.807, 2.05) is 6.07 Å². The summed E-state index contributed by atoms with van der Waals surface area (Å²) in [6.07, 6.45) is 1.27. The van der Waals surface area contributed by atoms with E-state index < -0.39 is 21.5 Å². The van der Waals surface area contributed by atoms with Crippen molar-refractivity contribution in [2.24, 2.45) is 0 Å². The molecule has 0 saturated carbocycles. The van der Waals surface area contributed by atoms with Crippen molar-refractivity contribution in [2.45, 2.75) is 0 Å². The third kappa shape index (κ3) is 5.14. The zero-order chi connectivity index (χ0) is 12.9. The molecule has 6 heteroatoms. The number of nitrogens with one attached hydrogen (secondary N) is 1. The Labute approximate surface area is 109 Å². The summed E-state index contributed by atoms with van der Waals surface area (Å²) in [5.74, 6) is -1.28. The van der Waals surface area contributed by atoms with E-state index >= 15 is 0 Å². The Hall–Kier alpha value is -1.14. The molecule has 0 aliphatic carbocycles. The van der Waals surface area contributed by atoms with Crippen molar-refractivity contribution in [2.75, 3.05) is 16.8 Å². The van der Waals surface area contributed by atoms with Crippen LogP contribution in [0.5, 0.6) is 0 Å². The van der Waals surface area contributed by atoms with Crippen molar-refractivity contribution in [3.63, 3.8) is 0 Å². The lowest BCUT2D eigenvalue weighted by Crippen LogP contribution is -2.24. The molecule has 1 N–H and O–H groups in total. The van der Waals surface area contributed by atoms with Crippen LogP contribution in [0.25, 0.3) is 0 Å². The predicted molar refractivity (Wildman–Crippen MR) is 71.6 cm³/mol. The average Bonchev–Trinajstić information content (AvgIpc) is 2.15. The van der Waals surface area contributed by atoms with Gasteiger partial charge in [-0.1, -0.05) is 28.1 Å². The Morgan fingerprint density at radius 2 is 2.18 bits per heavy atom. The van der Waals surface area contributed by atoms with E-state index in [9.17, 15) is 13.2 Å². The van der Waals surface area contributed by atoms with Crippen LogP contribution < -0.4 is 5.32 Å². The van der Waals surface area contributed by atoms with Crippen LogP contribution in [-0.2, 0) is 14.6 Å². The number of hydrogen-bond donors (Lipinski definition) is 1. The molecule has 92 valence electrons. The summed E-state index contributed by atoms with van der Waals surface area (Å²) in [5.41, 5.74) is 0.554. The Balaban J connectivity index is 2.65. The zero-order valence-electron chi connectivity index (χ0n) is 9.02. The molecule has 1 aromatic carbocycles. The van der Waals surface area contributed by atoms with Gasteiger partial charge in [-0.15, -0.1) is 6.58 Å². The van der Waals surface area contributed by atoms with Crippen LogP contribution in [-0.4, -0.2) is 25.8 Å². The lowest BCUT2D eigenvalue weighted by atomic mass is 10.3. The first-order chi connectivity index (χ1) is 7.93. The highest BCUT2D eigenvalue weighted by atomic mass is 79.9. The normalized spacial score (nSPS) is 10.9. The molecule has 1 aromatic rings. The molecule has 17 heavy (non-hydrogen) atoms. The number of anilines is 1. The van der Waals surface area contributed by atoms with Gasteiger partial charge >= 0.3 is 0 Å². The van der Waals surface area contributed by atoms with E-state index in [4.69, 9.17) is 0 Å². The fourth-order valence-corrected chi connectivity index (χ4v) is 2.55. The van der Waals surface area contributed by atoms with Crippen molar-refractivity contribution < 1.29 is 13.2 Å². The minimum absolute atomic E-state index is 0.196. The van der Waals surface area contributed by atoms with Crippen molar-refractivity contribution >= 4 is 37.4 Å². The number of rotatable bonds is 5. The fourth-order valence-electron chi connectivity index (χ4n) is 1.20. The van der Waals surface area contributed by atoms with Gasteiger partial charge in [0.2, 0.25) is 5.91 Å². The molecule has 0 fully saturated rings. The summed E-state index contributed by atoms with van der Waals surface area (Å²) in [6.45, 7) is 3.33. The molecule has 0 atom stereocenters. The molecule has 0 radical (unpaired) electrons. The zero-order valence-corrected chi connectivity index (χ0v) is 11.4. The van der Waals surface area contributed by atoms with E-state index in [2.05, 4.69) is 27.8 Å². The third-order valence-electron chi connectivity index (χ3n) is 1.83. The third-order valence-corrected chi connectivity index (χ3v) is 3.77. The first kappa shape index (κ1) is 13.9. The Morgan fingerprint density at radius 3 is 2.76 bits per heavy atom. The summed E-state index contributed by atoms with van der Waals surface area (Å²) in [5, 5.41) is 2.51. The van der Waals surface area contributed by atoms with Gasteiger partial charge in [-0.2, -0.15) is 0 Å². The maximum absolute atomic E-state index is 11.5. The van der Waals surface area contributed by atoms with Crippen LogP contribution in [0.4, 0.5) is 5.69 Å². The fraction of sp³-hybridized carbons (Fsp3) is 0.182. The SMILES string of the molecule is C=CCS(=O)(=O)CC(=O)Nc1cccc(Br)c1. The molecule has 0 spiro atoms. The van der Waals surface area contributed by atoms with Gasteiger partial charge in [-0.3, -0.25) is 4.79 Å². The number of amides is 1. The molecular formula is C11H12BrNO3S. The van der Waals surface area contributed by atoms with E-state index in [1.165, 1.54) is 6.08 Å². The van der Waals surface area contributed by atoms with Crippen molar-refractivity contribution in [1.82, 2.24) is 0 Å². The first-order valence-corrected chi connectivity index (χ1v) is 7.41. The second-order valence-corrected chi connectivity index (χ2v) is 6.43. The number of hydrogen-bond acceptors (Lipinski definition) is 3. The summed E-state index contributed by atoms with van der Waals surface area (Å²) in [7, 11) is -3.40. The molecule has 1 rings (SSSR count). The number of benzene rings is 1. The quantitative estimate of drug-likeness (QED) is 0.845. The van der Waals surface area contributed by atoms with Gasteiger partial charge in [0.1, 0.15) is 5.75 Å². The van der Waals surface area contributed by atoms with Crippen LogP contribution >= 0.6 is 15.9 Å². The second kappa shape index (κ2) is 5.97. The smallest absolute Gasteiger partial charge is 0.239 e. The van der Waals surface area contributed by atoms with Crippen molar-refractivity contribution in [3.8, 4) is 0 Å². The van der Waals surface area contributed by atoms with Gasteiger partial charge in [0.25, 0.3) is 0 Å². The van der Waals surface area contributed by atoms with Crippen LogP contribution in [0, 0.1) is 0 Å². The Morgan fingerprint density at radius 1 is 1.47 bits per heavy atom. The molecule has 0 aliphatic heterocycles. The van der Waals surface area contributed by atoms with Crippen LogP contribution in [0.15, 0.2) is 41.4 Å². The van der Waals surface area contributed by atoms with E-state index in [-0.39, 0.29) is 5.75 Å². The minimum atomic E-state index is -3.40. The predicted octanol–water partition coefficient (Wildman–Crippen LogP) is 1.99. The molecule has 0 aliphatic rings. The minimum Gasteiger partial charge on any atom is -0.325 e. The van der Waals surface area contributed by atoms with Crippen LogP contribution in [0.2, 0.25) is 0 Å². The molecule has 0 aromatic heterocycles. The van der Waals surface area contributed by atoms with E-state index in [0.29, 0.717) is 5.69 Å². The van der Waals surface area contributed by atoms with Gasteiger partial charge in [0, 0.05) is 10.2 Å². The summed E-state index contributed by atoms with van der Waals surface area (Å²) >= 11 is 3.26. The van der Waals surface area contributed by atoms with E-state index in [1.54, 1.807) is 18.2 Å². The Kier molecular flexibility index (Phi) is 4.89. The van der Waals surface area contributed by atoms with Gasteiger partial charge in [0.15, 0.2) is 9.84 Å². The molecule has 0 heterocycles. The van der Waals surface area contributed by atoms with E-state index in [0.717, 1.165) is 4.47 Å². The largest absolute Gasteiger partial charge is 0.325 e. The molecule has 0 unspecified atom stereocenters.